The molecule has 1 aromatic heterocycles. The molecule has 1 fully saturated rings. The number of hydrogen-bond acceptors (Lipinski definition) is 5. The van der Waals surface area contributed by atoms with Gasteiger partial charge in [0.2, 0.25) is 10.0 Å². The highest BCUT2D eigenvalue weighted by atomic mass is 127. The van der Waals surface area contributed by atoms with Gasteiger partial charge in [-0.05, 0) is 30.5 Å². The maximum atomic E-state index is 12.5. The SMILES string of the molecule is CN=C(NCCCc1ccc(Cl)cc1)N1CCN(S(=O)(=O)Cc2ccon2)CC1.I. The molecule has 0 spiro atoms. The van der Waals surface area contributed by atoms with Gasteiger partial charge in [-0.3, -0.25) is 4.99 Å². The summed E-state index contributed by atoms with van der Waals surface area (Å²) in [6.07, 6.45) is 3.30. The van der Waals surface area contributed by atoms with Gasteiger partial charge in [-0.1, -0.05) is 28.9 Å². The Hall–Kier alpha value is -1.37. The van der Waals surface area contributed by atoms with Crippen molar-refractivity contribution in [3.8, 4) is 0 Å². The maximum Gasteiger partial charge on any atom is 0.220 e. The van der Waals surface area contributed by atoms with E-state index in [1.165, 1.54) is 16.1 Å². The van der Waals surface area contributed by atoms with E-state index in [1.807, 2.05) is 24.3 Å². The Balaban J connectivity index is 0.00000320. The minimum absolute atomic E-state index is 0. The van der Waals surface area contributed by atoms with Crippen molar-refractivity contribution >= 4 is 51.6 Å². The molecule has 0 atom stereocenters. The van der Waals surface area contributed by atoms with Crippen LogP contribution >= 0.6 is 35.6 Å². The molecular formula is C19H27ClIN5O3S. The largest absolute Gasteiger partial charge is 0.364 e. The van der Waals surface area contributed by atoms with Crippen LogP contribution in [0.5, 0.6) is 0 Å². The molecule has 0 unspecified atom stereocenters. The summed E-state index contributed by atoms with van der Waals surface area (Å²) >= 11 is 5.91. The molecule has 1 aliphatic heterocycles. The number of halogens is 2. The van der Waals surface area contributed by atoms with E-state index in [2.05, 4.69) is 20.4 Å². The van der Waals surface area contributed by atoms with Crippen molar-refractivity contribution in [3.63, 3.8) is 0 Å². The number of hydrogen-bond donors (Lipinski definition) is 1. The summed E-state index contributed by atoms with van der Waals surface area (Å²) in [6, 6.07) is 9.45. The van der Waals surface area contributed by atoms with Crippen LogP contribution in [-0.4, -0.2) is 68.5 Å². The van der Waals surface area contributed by atoms with E-state index >= 15 is 0 Å². The van der Waals surface area contributed by atoms with E-state index in [9.17, 15) is 8.42 Å². The van der Waals surface area contributed by atoms with Gasteiger partial charge in [0.25, 0.3) is 0 Å². The van der Waals surface area contributed by atoms with Crippen LogP contribution in [0.2, 0.25) is 5.02 Å². The Kier molecular flexibility index (Phi) is 9.85. The van der Waals surface area contributed by atoms with Crippen LogP contribution in [0.1, 0.15) is 17.7 Å². The van der Waals surface area contributed by atoms with E-state index in [0.717, 1.165) is 30.4 Å². The van der Waals surface area contributed by atoms with Gasteiger partial charge in [0.1, 0.15) is 12.0 Å². The minimum atomic E-state index is -3.40. The average Bonchev–Trinajstić information content (AvgIpc) is 3.22. The molecular weight excluding hydrogens is 541 g/mol. The normalized spacial score (nSPS) is 15.7. The van der Waals surface area contributed by atoms with Crippen LogP contribution in [-0.2, 0) is 22.2 Å². The van der Waals surface area contributed by atoms with Gasteiger partial charge in [0.05, 0.1) is 5.69 Å². The molecule has 30 heavy (non-hydrogen) atoms. The molecule has 166 valence electrons. The number of nitrogens with zero attached hydrogens (tertiary/aromatic N) is 4. The smallest absolute Gasteiger partial charge is 0.220 e. The molecule has 1 aromatic carbocycles. The molecule has 1 N–H and O–H groups in total. The molecule has 11 heteroatoms. The van der Waals surface area contributed by atoms with Gasteiger partial charge in [-0.15, -0.1) is 24.0 Å². The third-order valence-electron chi connectivity index (χ3n) is 4.80. The van der Waals surface area contributed by atoms with Crippen LogP contribution in [0.3, 0.4) is 0 Å². The van der Waals surface area contributed by atoms with Gasteiger partial charge < -0.3 is 14.7 Å². The Labute approximate surface area is 199 Å². The Morgan fingerprint density at radius 1 is 1.20 bits per heavy atom. The number of aliphatic imine (C=N–C) groups is 1. The molecule has 3 rings (SSSR count). The molecule has 2 heterocycles. The predicted molar refractivity (Wildman–Crippen MR) is 129 cm³/mol. The Morgan fingerprint density at radius 2 is 1.90 bits per heavy atom. The summed E-state index contributed by atoms with van der Waals surface area (Å²) in [5.41, 5.74) is 1.67. The molecule has 2 aromatic rings. The van der Waals surface area contributed by atoms with Crippen LogP contribution in [0, 0.1) is 0 Å². The third-order valence-corrected chi connectivity index (χ3v) is 6.87. The first kappa shape index (κ1) is 24.9. The second-order valence-corrected chi connectivity index (χ2v) is 9.24. The molecule has 0 aliphatic carbocycles. The molecule has 1 saturated heterocycles. The van der Waals surface area contributed by atoms with Gasteiger partial charge >= 0.3 is 0 Å². The fourth-order valence-corrected chi connectivity index (χ4v) is 4.80. The first-order valence-corrected chi connectivity index (χ1v) is 11.5. The number of guanidine groups is 1. The second kappa shape index (κ2) is 11.9. The number of aromatic nitrogens is 1. The lowest BCUT2D eigenvalue weighted by Gasteiger charge is -2.35. The molecule has 0 amide bonds. The molecule has 8 nitrogen and oxygen atoms in total. The highest BCUT2D eigenvalue weighted by Crippen LogP contribution is 2.13. The van der Waals surface area contributed by atoms with E-state index in [1.54, 1.807) is 13.1 Å². The number of rotatable bonds is 7. The van der Waals surface area contributed by atoms with Crippen LogP contribution < -0.4 is 5.32 Å². The van der Waals surface area contributed by atoms with Crippen molar-refractivity contribution in [2.45, 2.75) is 18.6 Å². The lowest BCUT2D eigenvalue weighted by atomic mass is 10.1. The molecule has 1 aliphatic rings. The summed E-state index contributed by atoms with van der Waals surface area (Å²) in [7, 11) is -1.66. The van der Waals surface area contributed by atoms with Crippen molar-refractivity contribution in [1.29, 1.82) is 0 Å². The summed E-state index contributed by atoms with van der Waals surface area (Å²) < 4.78 is 31.3. The summed E-state index contributed by atoms with van der Waals surface area (Å²) in [5, 5.41) is 7.81. The average molecular weight is 568 g/mol. The van der Waals surface area contributed by atoms with Crippen LogP contribution in [0.25, 0.3) is 0 Å². The van der Waals surface area contributed by atoms with Crippen LogP contribution in [0.4, 0.5) is 0 Å². The van der Waals surface area contributed by atoms with E-state index in [0.29, 0.717) is 31.9 Å². The standard InChI is InChI=1S/C19H26ClN5O3S.HI/c1-21-19(22-9-2-3-16-4-6-17(20)7-5-16)24-10-12-25(13-11-24)29(26,27)15-18-8-14-28-23-18;/h4-8,14H,2-3,9-13,15H2,1H3,(H,21,22);1H. The van der Waals surface area contributed by atoms with Gasteiger partial charge in [-0.2, -0.15) is 4.31 Å². The number of sulfonamides is 1. The van der Waals surface area contributed by atoms with E-state index in [-0.39, 0.29) is 29.7 Å². The summed E-state index contributed by atoms with van der Waals surface area (Å²) in [6.45, 7) is 2.82. The maximum absolute atomic E-state index is 12.5. The predicted octanol–water partition coefficient (Wildman–Crippen LogP) is 2.60. The minimum Gasteiger partial charge on any atom is -0.364 e. The zero-order chi connectivity index (χ0) is 20.7. The zero-order valence-electron chi connectivity index (χ0n) is 16.8. The van der Waals surface area contributed by atoms with Gasteiger partial charge in [0.15, 0.2) is 5.96 Å². The van der Waals surface area contributed by atoms with Crippen molar-refractivity contribution in [2.24, 2.45) is 4.99 Å². The van der Waals surface area contributed by atoms with E-state index in [4.69, 9.17) is 16.1 Å². The topological polar surface area (TPSA) is 91.0 Å². The van der Waals surface area contributed by atoms with Crippen molar-refractivity contribution in [3.05, 3.63) is 52.9 Å². The molecule has 0 saturated carbocycles. The zero-order valence-corrected chi connectivity index (χ0v) is 20.7. The number of benzene rings is 1. The molecule has 0 radical (unpaired) electrons. The lowest BCUT2D eigenvalue weighted by Crippen LogP contribution is -2.54. The van der Waals surface area contributed by atoms with Gasteiger partial charge in [-0.25, -0.2) is 8.42 Å². The van der Waals surface area contributed by atoms with Crippen molar-refractivity contribution in [1.82, 2.24) is 19.7 Å². The Bertz CT molecular complexity index is 899. The lowest BCUT2D eigenvalue weighted by molar-refractivity contribution is 0.260. The summed E-state index contributed by atoms with van der Waals surface area (Å²) in [5.74, 6) is 0.663. The van der Waals surface area contributed by atoms with Crippen molar-refractivity contribution < 1.29 is 12.9 Å². The highest BCUT2D eigenvalue weighted by Gasteiger charge is 2.28. The fourth-order valence-electron chi connectivity index (χ4n) is 3.24. The monoisotopic (exact) mass is 567 g/mol. The van der Waals surface area contributed by atoms with Crippen molar-refractivity contribution in [2.75, 3.05) is 39.8 Å². The first-order valence-electron chi connectivity index (χ1n) is 9.55. The second-order valence-electron chi connectivity index (χ2n) is 6.84. The number of nitrogens with one attached hydrogen (secondary N) is 1. The van der Waals surface area contributed by atoms with E-state index < -0.39 is 10.0 Å². The van der Waals surface area contributed by atoms with Crippen LogP contribution in [0.15, 0.2) is 46.1 Å². The quantitative estimate of drug-likeness (QED) is 0.239. The third kappa shape index (κ3) is 7.10. The number of aryl methyl sites for hydroxylation is 1. The molecule has 0 bridgehead atoms. The van der Waals surface area contributed by atoms with Gasteiger partial charge in [0, 0.05) is 50.9 Å². The summed E-state index contributed by atoms with van der Waals surface area (Å²) in [4.78, 5) is 6.43. The first-order chi connectivity index (χ1) is 14.0. The fraction of sp³-hybridized carbons (Fsp3) is 0.474. The number of piperazine rings is 1. The Morgan fingerprint density at radius 3 is 2.50 bits per heavy atom. The highest BCUT2D eigenvalue weighted by molar-refractivity contribution is 14.0.